The molecule has 2 N–H and O–H groups in total. The maximum atomic E-state index is 10.3. The van der Waals surface area contributed by atoms with Crippen LogP contribution in [-0.4, -0.2) is 10.2 Å². The van der Waals surface area contributed by atoms with Gasteiger partial charge in [-0.15, -0.1) is 0 Å². The molecule has 6 aromatic carbocycles. The number of phenols is 2. The van der Waals surface area contributed by atoms with Gasteiger partial charge < -0.3 is 10.2 Å². The van der Waals surface area contributed by atoms with E-state index in [9.17, 15) is 10.2 Å². The first-order valence-electron chi connectivity index (χ1n) is 14.9. The Morgan fingerprint density at radius 2 is 0.925 bits per heavy atom. The molecule has 4 fully saturated rings. The van der Waals surface area contributed by atoms with E-state index >= 15 is 0 Å². The van der Waals surface area contributed by atoms with Crippen LogP contribution in [0.4, 0.5) is 0 Å². The number of aromatic hydroxyl groups is 2. The summed E-state index contributed by atoms with van der Waals surface area (Å²) in [5.41, 5.74) is 2.86. The van der Waals surface area contributed by atoms with Crippen LogP contribution in [0, 0.1) is 23.7 Å². The average Bonchev–Trinajstić information content (AvgIpc) is 2.95. The Balaban J connectivity index is 1.40. The highest BCUT2D eigenvalue weighted by molar-refractivity contribution is 6.03. The molecule has 0 unspecified atom stereocenters. The lowest BCUT2D eigenvalue weighted by molar-refractivity contribution is -0.0406. The largest absolute Gasteiger partial charge is 0.508 e. The smallest absolute Gasteiger partial charge is 0.116 e. The minimum Gasteiger partial charge on any atom is -0.508 e. The molecule has 0 amide bonds. The van der Waals surface area contributed by atoms with Gasteiger partial charge in [-0.3, -0.25) is 0 Å². The molecule has 0 heterocycles. The number of phenolic OH excluding ortho intramolecular Hbond substituents is 2. The van der Waals surface area contributed by atoms with Crippen molar-refractivity contribution < 1.29 is 10.2 Å². The van der Waals surface area contributed by atoms with Crippen LogP contribution in [0.5, 0.6) is 11.5 Å². The first-order chi connectivity index (χ1) is 19.6. The van der Waals surface area contributed by atoms with Gasteiger partial charge in [-0.1, -0.05) is 48.5 Å². The Hall–Kier alpha value is -4.04. The van der Waals surface area contributed by atoms with Gasteiger partial charge in [-0.25, -0.2) is 0 Å². The van der Waals surface area contributed by atoms with Crippen molar-refractivity contribution in [2.45, 2.75) is 37.5 Å². The van der Waals surface area contributed by atoms with Crippen molar-refractivity contribution in [3.63, 3.8) is 0 Å². The minimum absolute atomic E-state index is 0.0680. The van der Waals surface area contributed by atoms with Crippen LogP contribution in [0.15, 0.2) is 97.1 Å². The molecule has 0 radical (unpaired) electrons. The Bertz CT molecular complexity index is 1850. The van der Waals surface area contributed by atoms with Crippen LogP contribution in [0.25, 0.3) is 43.1 Å². The van der Waals surface area contributed by atoms with Crippen LogP contribution in [0.2, 0.25) is 0 Å². The quantitative estimate of drug-likeness (QED) is 0.223. The van der Waals surface area contributed by atoms with E-state index in [1.54, 1.807) is 12.1 Å². The van der Waals surface area contributed by atoms with Gasteiger partial charge in [0.05, 0.1) is 0 Å². The normalized spacial score (nSPS) is 24.9. The summed E-state index contributed by atoms with van der Waals surface area (Å²) in [4.78, 5) is 0. The third-order valence-electron chi connectivity index (χ3n) is 11.0. The lowest BCUT2D eigenvalue weighted by atomic mass is 9.41. The molecule has 0 saturated heterocycles. The van der Waals surface area contributed by atoms with Gasteiger partial charge in [0.15, 0.2) is 0 Å². The van der Waals surface area contributed by atoms with E-state index in [-0.39, 0.29) is 5.41 Å². The van der Waals surface area contributed by atoms with E-state index in [2.05, 4.69) is 60.7 Å². The predicted molar refractivity (Wildman–Crippen MR) is 164 cm³/mol. The van der Waals surface area contributed by atoms with Crippen molar-refractivity contribution >= 4 is 43.1 Å². The van der Waals surface area contributed by atoms with Crippen LogP contribution >= 0.6 is 0 Å². The van der Waals surface area contributed by atoms with E-state index in [1.165, 1.54) is 64.8 Å². The first-order valence-corrected chi connectivity index (χ1v) is 14.9. The summed E-state index contributed by atoms with van der Waals surface area (Å²) >= 11 is 0. The minimum atomic E-state index is -0.0680. The molecule has 2 heteroatoms. The van der Waals surface area contributed by atoms with Gasteiger partial charge in [0.25, 0.3) is 0 Å². The van der Waals surface area contributed by atoms with Crippen LogP contribution in [0.1, 0.15) is 43.2 Å². The number of rotatable bonds is 2. The molecule has 196 valence electrons. The van der Waals surface area contributed by atoms with E-state index in [4.69, 9.17) is 0 Å². The second-order valence-corrected chi connectivity index (χ2v) is 13.0. The van der Waals surface area contributed by atoms with Crippen LogP contribution < -0.4 is 0 Å². The standard InChI is InChI=1S/C38H32O2/c39-32-9-7-24-16-26-3-1-5-36(34(26)20-28(24)18-32)38(30-12-22-11-23(14-30)15-31(38)13-22)37-6-2-4-27-17-25-8-10-33(40)19-29(25)21-35(27)37/h1-10,16-23,30-31,39-40H,11-15H2. The van der Waals surface area contributed by atoms with Crippen molar-refractivity contribution in [1.82, 2.24) is 0 Å². The molecule has 4 bridgehead atoms. The summed E-state index contributed by atoms with van der Waals surface area (Å²) in [5, 5.41) is 30.4. The molecule has 6 aromatic rings. The van der Waals surface area contributed by atoms with Crippen LogP contribution in [-0.2, 0) is 5.41 Å². The van der Waals surface area contributed by atoms with Gasteiger partial charge in [0, 0.05) is 5.41 Å². The zero-order valence-electron chi connectivity index (χ0n) is 22.5. The molecular formula is C38H32O2. The molecule has 40 heavy (non-hydrogen) atoms. The fraction of sp³-hybridized carbons (Fsp3) is 0.263. The molecule has 4 saturated carbocycles. The van der Waals surface area contributed by atoms with Gasteiger partial charge in [-0.2, -0.15) is 0 Å². The Labute approximate surface area is 233 Å². The fourth-order valence-corrected chi connectivity index (χ4v) is 9.70. The number of hydrogen-bond donors (Lipinski definition) is 2. The summed E-state index contributed by atoms with van der Waals surface area (Å²) in [6.07, 6.45) is 6.65. The summed E-state index contributed by atoms with van der Waals surface area (Å²) in [6.45, 7) is 0. The zero-order chi connectivity index (χ0) is 26.6. The van der Waals surface area contributed by atoms with Gasteiger partial charge >= 0.3 is 0 Å². The lowest BCUT2D eigenvalue weighted by Crippen LogP contribution is -2.56. The van der Waals surface area contributed by atoms with Crippen molar-refractivity contribution in [2.75, 3.05) is 0 Å². The van der Waals surface area contributed by atoms with Crippen molar-refractivity contribution in [1.29, 1.82) is 0 Å². The van der Waals surface area contributed by atoms with E-state index < -0.39 is 0 Å². The fourth-order valence-electron chi connectivity index (χ4n) is 9.70. The highest BCUT2D eigenvalue weighted by Gasteiger charge is 2.59. The third kappa shape index (κ3) is 3.05. The Morgan fingerprint density at radius 3 is 1.40 bits per heavy atom. The van der Waals surface area contributed by atoms with E-state index in [0.717, 1.165) is 33.4 Å². The average molecular weight is 521 g/mol. The molecule has 0 aromatic heterocycles. The number of benzene rings is 6. The predicted octanol–water partition coefficient (Wildman–Crippen LogP) is 9.45. The summed E-state index contributed by atoms with van der Waals surface area (Å²) in [5.74, 6) is 3.57. The van der Waals surface area contributed by atoms with E-state index in [0.29, 0.717) is 23.3 Å². The molecule has 4 aliphatic rings. The molecule has 0 atom stereocenters. The maximum Gasteiger partial charge on any atom is 0.116 e. The van der Waals surface area contributed by atoms with Gasteiger partial charge in [0.1, 0.15) is 11.5 Å². The van der Waals surface area contributed by atoms with Crippen molar-refractivity contribution in [2.24, 2.45) is 23.7 Å². The Morgan fingerprint density at radius 1 is 0.450 bits per heavy atom. The summed E-state index contributed by atoms with van der Waals surface area (Å²) < 4.78 is 0. The first kappa shape index (κ1) is 22.7. The zero-order valence-corrected chi connectivity index (χ0v) is 22.5. The van der Waals surface area contributed by atoms with Crippen LogP contribution in [0.3, 0.4) is 0 Å². The van der Waals surface area contributed by atoms with Gasteiger partial charge in [0.2, 0.25) is 0 Å². The topological polar surface area (TPSA) is 40.5 Å². The SMILES string of the molecule is Oc1ccc2cc3cccc(C4(c5cccc6cc7ccc(O)cc7cc56)C5CC6CC(C5)CC4C6)c3cc2c1. The molecule has 4 aliphatic carbocycles. The maximum absolute atomic E-state index is 10.3. The molecule has 0 aliphatic heterocycles. The summed E-state index contributed by atoms with van der Waals surface area (Å²) in [7, 11) is 0. The van der Waals surface area contributed by atoms with E-state index in [1.807, 2.05) is 24.3 Å². The second-order valence-electron chi connectivity index (χ2n) is 13.0. The van der Waals surface area contributed by atoms with Crippen molar-refractivity contribution in [3.8, 4) is 11.5 Å². The highest BCUT2D eigenvalue weighted by Crippen LogP contribution is 2.66. The molecule has 0 spiro atoms. The number of hydrogen-bond acceptors (Lipinski definition) is 2. The molecular weight excluding hydrogens is 488 g/mol. The van der Waals surface area contributed by atoms with Gasteiger partial charge in [-0.05, 0) is 159 Å². The monoisotopic (exact) mass is 520 g/mol. The molecule has 10 rings (SSSR count). The number of fused-ring (bicyclic) bond motifs is 4. The lowest BCUT2D eigenvalue weighted by Gasteiger charge is -2.62. The third-order valence-corrected chi connectivity index (χ3v) is 11.0. The van der Waals surface area contributed by atoms with Crippen molar-refractivity contribution in [3.05, 3.63) is 108 Å². The Kier molecular flexibility index (Phi) is 4.55. The summed E-state index contributed by atoms with van der Waals surface area (Å²) in [6, 6.07) is 34.6. The highest BCUT2D eigenvalue weighted by atomic mass is 16.3. The molecule has 2 nitrogen and oxygen atoms in total. The second kappa shape index (κ2) is 8.01.